The molecule has 0 spiro atoms. The van der Waals surface area contributed by atoms with Crippen molar-refractivity contribution >= 4 is 33.5 Å². The Kier molecular flexibility index (Phi) is 5.62. The smallest absolute Gasteiger partial charge is 0.178 e. The van der Waals surface area contributed by atoms with Gasteiger partial charge in [-0.05, 0) is 50.5 Å². The fraction of sp³-hybridized carbons (Fsp3) is 0.160. The first kappa shape index (κ1) is 22.3. The van der Waals surface area contributed by atoms with E-state index < -0.39 is 0 Å². The standard InChI is InChI=1S/C25H21FN8OS/c1-34(2)9-10-35-15-11-14(12-27-13-15)17-3-4-18-22(29-17)23(33-32-18)25-30-21-16(7-8-28-24(21)31-25)19-5-6-20(26)36-19/h3-8,11-13H,9-10H2,1-2H3,(H,32,33)(H,28,30,31). The van der Waals surface area contributed by atoms with Crippen LogP contribution in [-0.4, -0.2) is 67.3 Å². The second kappa shape index (κ2) is 9.10. The lowest BCUT2D eigenvalue weighted by atomic mass is 10.1. The van der Waals surface area contributed by atoms with Crippen LogP contribution in [0.15, 0.2) is 55.0 Å². The molecule has 11 heteroatoms. The molecule has 6 aromatic heterocycles. The zero-order chi connectivity index (χ0) is 24.6. The molecule has 0 aliphatic heterocycles. The van der Waals surface area contributed by atoms with Crippen molar-refractivity contribution in [3.05, 3.63) is 60.1 Å². The number of likely N-dealkylation sites (N-methyl/N-ethyl adjacent to an activating group) is 1. The van der Waals surface area contributed by atoms with Crippen LogP contribution in [0, 0.1) is 5.13 Å². The molecule has 0 saturated carbocycles. The second-order valence-corrected chi connectivity index (χ2v) is 9.51. The van der Waals surface area contributed by atoms with E-state index in [9.17, 15) is 4.39 Å². The van der Waals surface area contributed by atoms with Crippen LogP contribution in [-0.2, 0) is 0 Å². The lowest BCUT2D eigenvalue weighted by molar-refractivity contribution is 0.261. The molecule has 0 atom stereocenters. The van der Waals surface area contributed by atoms with Gasteiger partial charge in [-0.3, -0.25) is 10.1 Å². The molecule has 0 aromatic carbocycles. The van der Waals surface area contributed by atoms with Gasteiger partial charge in [-0.25, -0.2) is 15.0 Å². The van der Waals surface area contributed by atoms with Gasteiger partial charge in [0.1, 0.15) is 17.9 Å². The highest BCUT2D eigenvalue weighted by Crippen LogP contribution is 2.34. The number of halogens is 1. The highest BCUT2D eigenvalue weighted by atomic mass is 32.1. The van der Waals surface area contributed by atoms with E-state index in [4.69, 9.17) is 9.72 Å². The number of rotatable bonds is 7. The van der Waals surface area contributed by atoms with Crippen molar-refractivity contribution in [2.45, 2.75) is 0 Å². The van der Waals surface area contributed by atoms with Crippen LogP contribution in [0.4, 0.5) is 4.39 Å². The van der Waals surface area contributed by atoms with Gasteiger partial charge >= 0.3 is 0 Å². The summed E-state index contributed by atoms with van der Waals surface area (Å²) in [6.45, 7) is 1.37. The van der Waals surface area contributed by atoms with Gasteiger partial charge in [0, 0.05) is 34.9 Å². The number of nitrogens with zero attached hydrogens (tertiary/aromatic N) is 6. The summed E-state index contributed by atoms with van der Waals surface area (Å²) in [6, 6.07) is 10.8. The molecule has 0 radical (unpaired) electrons. The maximum absolute atomic E-state index is 13.7. The molecular weight excluding hydrogens is 479 g/mol. The van der Waals surface area contributed by atoms with Crippen LogP contribution in [0.25, 0.3) is 55.4 Å². The van der Waals surface area contributed by atoms with E-state index in [-0.39, 0.29) is 5.13 Å². The van der Waals surface area contributed by atoms with Crippen LogP contribution in [0.5, 0.6) is 5.75 Å². The Morgan fingerprint density at radius 3 is 2.83 bits per heavy atom. The Balaban J connectivity index is 1.37. The molecule has 0 aliphatic rings. The molecule has 36 heavy (non-hydrogen) atoms. The molecule has 0 fully saturated rings. The lowest BCUT2D eigenvalue weighted by Gasteiger charge is -2.11. The fourth-order valence-electron chi connectivity index (χ4n) is 3.90. The lowest BCUT2D eigenvalue weighted by Crippen LogP contribution is -2.19. The Hall–Kier alpha value is -4.22. The maximum atomic E-state index is 13.7. The van der Waals surface area contributed by atoms with Crippen molar-refractivity contribution in [1.29, 1.82) is 0 Å². The summed E-state index contributed by atoms with van der Waals surface area (Å²) in [7, 11) is 4.00. The van der Waals surface area contributed by atoms with Gasteiger partial charge in [0.15, 0.2) is 22.3 Å². The van der Waals surface area contributed by atoms with Gasteiger partial charge < -0.3 is 14.6 Å². The minimum Gasteiger partial charge on any atom is -0.491 e. The number of H-pyrrole nitrogens is 2. The largest absolute Gasteiger partial charge is 0.491 e. The van der Waals surface area contributed by atoms with Gasteiger partial charge in [0.25, 0.3) is 0 Å². The average Bonchev–Trinajstić information content (AvgIpc) is 3.61. The topological polar surface area (TPSA) is 109 Å². The van der Waals surface area contributed by atoms with Crippen molar-refractivity contribution in [3.63, 3.8) is 0 Å². The number of hydrogen-bond donors (Lipinski definition) is 2. The molecule has 6 aromatic rings. The van der Waals surface area contributed by atoms with Crippen molar-refractivity contribution in [3.8, 4) is 39.0 Å². The summed E-state index contributed by atoms with van der Waals surface area (Å²) in [6.07, 6.45) is 5.11. The number of ether oxygens (including phenoxy) is 1. The van der Waals surface area contributed by atoms with Crippen LogP contribution in [0.3, 0.4) is 0 Å². The van der Waals surface area contributed by atoms with Gasteiger partial charge in [-0.15, -0.1) is 11.3 Å². The fourth-order valence-corrected chi connectivity index (χ4v) is 4.66. The maximum Gasteiger partial charge on any atom is 0.178 e. The summed E-state index contributed by atoms with van der Waals surface area (Å²) in [5, 5.41) is 7.24. The number of hydrogen-bond acceptors (Lipinski definition) is 8. The third-order valence-corrected chi connectivity index (χ3v) is 6.59. The molecule has 0 unspecified atom stereocenters. The number of thiophene rings is 1. The first-order chi connectivity index (χ1) is 17.5. The van der Waals surface area contributed by atoms with Crippen LogP contribution in [0.1, 0.15) is 0 Å². The summed E-state index contributed by atoms with van der Waals surface area (Å²) >= 11 is 1.08. The number of fused-ring (bicyclic) bond motifs is 2. The Labute approximate surface area is 209 Å². The summed E-state index contributed by atoms with van der Waals surface area (Å²) < 4.78 is 19.5. The molecular formula is C25H21FN8OS. The average molecular weight is 501 g/mol. The molecule has 2 N–H and O–H groups in total. The number of imidazole rings is 1. The van der Waals surface area contributed by atoms with Gasteiger partial charge in [-0.1, -0.05) is 0 Å². The predicted octanol–water partition coefficient (Wildman–Crippen LogP) is 4.77. The highest BCUT2D eigenvalue weighted by Gasteiger charge is 2.18. The molecule has 180 valence electrons. The molecule has 0 aliphatic carbocycles. The van der Waals surface area contributed by atoms with E-state index in [1.54, 1.807) is 24.7 Å². The highest BCUT2D eigenvalue weighted by molar-refractivity contribution is 7.14. The summed E-state index contributed by atoms with van der Waals surface area (Å²) in [5.41, 5.74) is 5.64. The van der Waals surface area contributed by atoms with Crippen molar-refractivity contribution in [1.82, 2.24) is 40.0 Å². The van der Waals surface area contributed by atoms with Crippen LogP contribution in [0.2, 0.25) is 0 Å². The zero-order valence-corrected chi connectivity index (χ0v) is 20.3. The number of nitrogens with one attached hydrogen (secondary N) is 2. The molecule has 0 bridgehead atoms. The van der Waals surface area contributed by atoms with Gasteiger partial charge in [0.05, 0.1) is 22.9 Å². The third kappa shape index (κ3) is 4.18. The number of pyridine rings is 3. The van der Waals surface area contributed by atoms with Crippen LogP contribution < -0.4 is 4.74 Å². The SMILES string of the molecule is CN(C)CCOc1cncc(-c2ccc3[nH]nc(-c4nc5nccc(-c6ccc(F)s6)c5[nH]4)c3n2)c1. The zero-order valence-electron chi connectivity index (χ0n) is 19.5. The van der Waals surface area contributed by atoms with E-state index in [1.807, 2.05) is 38.4 Å². The van der Waals surface area contributed by atoms with Gasteiger partial charge in [-0.2, -0.15) is 9.49 Å². The van der Waals surface area contributed by atoms with Crippen LogP contribution >= 0.6 is 11.3 Å². The molecule has 6 rings (SSSR count). The normalized spacial score (nSPS) is 11.7. The molecule has 6 heterocycles. The minimum absolute atomic E-state index is 0.244. The summed E-state index contributed by atoms with van der Waals surface area (Å²) in [5.74, 6) is 1.21. The molecule has 0 amide bonds. The third-order valence-electron chi connectivity index (χ3n) is 5.68. The first-order valence-corrected chi connectivity index (χ1v) is 12.1. The first-order valence-electron chi connectivity index (χ1n) is 11.2. The number of aromatic amines is 2. The van der Waals surface area contributed by atoms with E-state index in [0.29, 0.717) is 40.6 Å². The second-order valence-electron chi connectivity index (χ2n) is 8.47. The summed E-state index contributed by atoms with van der Waals surface area (Å²) in [4.78, 5) is 24.4. The van der Waals surface area contributed by atoms with Gasteiger partial charge in [0.2, 0.25) is 0 Å². The quantitative estimate of drug-likeness (QED) is 0.325. The minimum atomic E-state index is -0.244. The van der Waals surface area contributed by atoms with E-state index in [2.05, 4.69) is 35.0 Å². The van der Waals surface area contributed by atoms with E-state index >= 15 is 0 Å². The Morgan fingerprint density at radius 2 is 2.00 bits per heavy atom. The van der Waals surface area contributed by atoms with Crippen molar-refractivity contribution < 1.29 is 9.13 Å². The predicted molar refractivity (Wildman–Crippen MR) is 137 cm³/mol. The monoisotopic (exact) mass is 500 g/mol. The van der Waals surface area contributed by atoms with E-state index in [1.165, 1.54) is 6.07 Å². The van der Waals surface area contributed by atoms with E-state index in [0.717, 1.165) is 45.1 Å². The van der Waals surface area contributed by atoms with Crippen molar-refractivity contribution in [2.24, 2.45) is 0 Å². The van der Waals surface area contributed by atoms with Crippen molar-refractivity contribution in [2.75, 3.05) is 27.2 Å². The molecule has 0 saturated heterocycles. The Bertz CT molecular complexity index is 1690. The number of aromatic nitrogens is 7. The molecule has 9 nitrogen and oxygen atoms in total. The Morgan fingerprint density at radius 1 is 1.08 bits per heavy atom.